The Kier molecular flexibility index (Phi) is 9.82. The summed E-state index contributed by atoms with van der Waals surface area (Å²) in [5, 5.41) is 12.6. The van der Waals surface area contributed by atoms with Crippen LogP contribution in [0.15, 0.2) is 101 Å². The van der Waals surface area contributed by atoms with E-state index in [2.05, 4.69) is 71.5 Å². The fraction of sp³-hybridized carbons (Fsp3) is 0.300. The minimum Gasteiger partial charge on any atom is -0.477 e. The zero-order valence-electron chi connectivity index (χ0n) is 26.7. The first kappa shape index (κ1) is 31.2. The lowest BCUT2D eigenvalue weighted by molar-refractivity contribution is 0.0689. The summed E-state index contributed by atoms with van der Waals surface area (Å²) in [6.45, 7) is 3.28. The smallest absolute Gasteiger partial charge is 0.354 e. The Balaban J connectivity index is 1.13. The number of fused-ring (bicyclic) bond motifs is 1. The van der Waals surface area contributed by atoms with E-state index < -0.39 is 5.97 Å². The normalized spacial score (nSPS) is 14.4. The molecule has 1 aliphatic carbocycles. The van der Waals surface area contributed by atoms with Gasteiger partial charge in [-0.2, -0.15) is 0 Å². The molecule has 0 spiro atoms. The minimum atomic E-state index is -1.16. The zero-order valence-corrected chi connectivity index (χ0v) is 26.7. The van der Waals surface area contributed by atoms with Crippen LogP contribution in [0.5, 0.6) is 0 Å². The van der Waals surface area contributed by atoms with Crippen LogP contribution in [0.4, 0.5) is 11.4 Å². The summed E-state index contributed by atoms with van der Waals surface area (Å²) in [6, 6.07) is 24.9. The standard InChI is InChI=1S/C40H43N3O3/c1-2-3-4-5-6-8-12-29-19-23-34(24-20-29)42-26-11-13-32-27-31(21-25-36(32)42)17-16-30-18-22-33(28-30)37-38(40(45)46)41-43(39(37)44)35-14-9-7-10-15-35/h7,9-10,14-17,19-25,27-28,41H,2-6,8,11-13,18,26H2,1H3,(H,45,46)/b17-16+. The molecule has 0 amide bonds. The molecule has 0 saturated carbocycles. The predicted molar refractivity (Wildman–Crippen MR) is 188 cm³/mol. The summed E-state index contributed by atoms with van der Waals surface area (Å²) in [6.07, 6.45) is 19.9. The average Bonchev–Trinajstić information content (AvgIpc) is 3.69. The summed E-state index contributed by atoms with van der Waals surface area (Å²) < 4.78 is 1.29. The van der Waals surface area contributed by atoms with Crippen LogP contribution in [0.2, 0.25) is 0 Å². The lowest BCUT2D eigenvalue weighted by Gasteiger charge is -2.31. The summed E-state index contributed by atoms with van der Waals surface area (Å²) in [5.74, 6) is -1.16. The number of hydrogen-bond donors (Lipinski definition) is 2. The molecular weight excluding hydrogens is 570 g/mol. The average molecular weight is 614 g/mol. The molecule has 0 bridgehead atoms. The molecule has 6 nitrogen and oxygen atoms in total. The van der Waals surface area contributed by atoms with Gasteiger partial charge in [0.05, 0.1) is 11.3 Å². The molecule has 0 saturated heterocycles. The topological polar surface area (TPSA) is 78.3 Å². The Hall–Kier alpha value is -4.84. The van der Waals surface area contributed by atoms with Crippen LogP contribution >= 0.6 is 0 Å². The van der Waals surface area contributed by atoms with E-state index >= 15 is 0 Å². The van der Waals surface area contributed by atoms with Gasteiger partial charge in [0.25, 0.3) is 5.56 Å². The van der Waals surface area contributed by atoms with Crippen molar-refractivity contribution in [3.05, 3.63) is 135 Å². The molecule has 2 N–H and O–H groups in total. The molecule has 1 aliphatic heterocycles. The Morgan fingerprint density at radius 3 is 2.48 bits per heavy atom. The van der Waals surface area contributed by atoms with Crippen LogP contribution in [0, 0.1) is 0 Å². The van der Waals surface area contributed by atoms with Gasteiger partial charge in [0.15, 0.2) is 5.69 Å². The molecule has 2 aliphatic rings. The number of anilines is 2. The molecule has 2 heterocycles. The van der Waals surface area contributed by atoms with Gasteiger partial charge >= 0.3 is 5.97 Å². The molecule has 1 aromatic heterocycles. The fourth-order valence-electron chi connectivity index (χ4n) is 6.60. The minimum absolute atomic E-state index is 0.103. The van der Waals surface area contributed by atoms with Gasteiger partial charge in [-0.05, 0) is 96.3 Å². The number of H-pyrrole nitrogens is 1. The molecule has 0 radical (unpaired) electrons. The highest BCUT2D eigenvalue weighted by molar-refractivity contribution is 5.94. The third-order valence-corrected chi connectivity index (χ3v) is 9.09. The van der Waals surface area contributed by atoms with E-state index in [9.17, 15) is 14.7 Å². The summed E-state index contributed by atoms with van der Waals surface area (Å²) in [7, 11) is 0. The number of benzene rings is 3. The van der Waals surface area contributed by atoms with Gasteiger partial charge in [-0.3, -0.25) is 9.89 Å². The third-order valence-electron chi connectivity index (χ3n) is 9.09. The number of aryl methyl sites for hydroxylation is 2. The van der Waals surface area contributed by atoms with Crippen molar-refractivity contribution in [2.24, 2.45) is 0 Å². The number of hydrogen-bond acceptors (Lipinski definition) is 3. The van der Waals surface area contributed by atoms with Crippen molar-refractivity contribution in [1.82, 2.24) is 9.78 Å². The van der Waals surface area contributed by atoms with Crippen molar-refractivity contribution in [1.29, 1.82) is 0 Å². The van der Waals surface area contributed by atoms with Crippen LogP contribution in [0.25, 0.3) is 17.3 Å². The predicted octanol–water partition coefficient (Wildman–Crippen LogP) is 9.28. The highest BCUT2D eigenvalue weighted by atomic mass is 16.4. The zero-order chi connectivity index (χ0) is 31.9. The summed E-state index contributed by atoms with van der Waals surface area (Å²) >= 11 is 0. The van der Waals surface area contributed by atoms with Crippen molar-refractivity contribution in [2.45, 2.75) is 71.1 Å². The highest BCUT2D eigenvalue weighted by Crippen LogP contribution is 2.35. The number of nitrogens with one attached hydrogen (secondary N) is 1. The second kappa shape index (κ2) is 14.5. The van der Waals surface area contributed by atoms with Gasteiger partial charge in [0.2, 0.25) is 0 Å². The molecule has 3 aromatic carbocycles. The van der Waals surface area contributed by atoms with Crippen molar-refractivity contribution in [3.8, 4) is 5.69 Å². The SMILES string of the molecule is CCCCCCCCc1ccc(N2CCCc3cc(/C=C/C4=CC(c5c(C(=O)O)[nH]n(-c6ccccc6)c5=O)=CC4)ccc32)cc1. The number of rotatable bonds is 13. The Bertz CT molecular complexity index is 1820. The van der Waals surface area contributed by atoms with Gasteiger partial charge in [0, 0.05) is 17.9 Å². The maximum absolute atomic E-state index is 13.3. The maximum atomic E-state index is 13.3. The van der Waals surface area contributed by atoms with E-state index in [0.29, 0.717) is 17.7 Å². The van der Waals surface area contributed by atoms with Gasteiger partial charge < -0.3 is 10.0 Å². The maximum Gasteiger partial charge on any atom is 0.354 e. The second-order valence-electron chi connectivity index (χ2n) is 12.4. The number of nitrogens with zero attached hydrogens (tertiary/aromatic N) is 2. The number of aromatic nitrogens is 2. The lowest BCUT2D eigenvalue weighted by Crippen LogP contribution is -2.24. The van der Waals surface area contributed by atoms with E-state index in [1.165, 1.54) is 65.7 Å². The Labute approximate surface area is 271 Å². The van der Waals surface area contributed by atoms with E-state index in [1.807, 2.05) is 30.4 Å². The highest BCUT2D eigenvalue weighted by Gasteiger charge is 2.24. The number of carbonyl (C=O) groups is 1. The number of aromatic amines is 1. The first-order valence-electron chi connectivity index (χ1n) is 16.7. The van der Waals surface area contributed by atoms with Crippen LogP contribution in [0.3, 0.4) is 0 Å². The van der Waals surface area contributed by atoms with Crippen molar-refractivity contribution >= 4 is 29.0 Å². The van der Waals surface area contributed by atoms with Crippen LogP contribution in [0.1, 0.15) is 91.0 Å². The number of para-hydroxylation sites is 1. The van der Waals surface area contributed by atoms with Gasteiger partial charge in [-0.1, -0.05) is 99.7 Å². The monoisotopic (exact) mass is 613 g/mol. The molecule has 0 fully saturated rings. The Morgan fingerprint density at radius 1 is 0.913 bits per heavy atom. The molecule has 4 aromatic rings. The van der Waals surface area contributed by atoms with Gasteiger partial charge in [-0.15, -0.1) is 0 Å². The van der Waals surface area contributed by atoms with Crippen LogP contribution < -0.4 is 10.5 Å². The molecule has 0 unspecified atom stereocenters. The Morgan fingerprint density at radius 2 is 1.70 bits per heavy atom. The lowest BCUT2D eigenvalue weighted by atomic mass is 9.97. The van der Waals surface area contributed by atoms with Gasteiger partial charge in [-0.25, -0.2) is 9.48 Å². The first-order chi connectivity index (χ1) is 22.5. The van der Waals surface area contributed by atoms with Gasteiger partial charge in [0.1, 0.15) is 0 Å². The van der Waals surface area contributed by atoms with Crippen molar-refractivity contribution in [2.75, 3.05) is 11.4 Å². The number of carboxylic acids is 1. The van der Waals surface area contributed by atoms with E-state index in [1.54, 1.807) is 12.1 Å². The van der Waals surface area contributed by atoms with Crippen molar-refractivity contribution < 1.29 is 9.90 Å². The van der Waals surface area contributed by atoms with Crippen LogP contribution in [-0.4, -0.2) is 27.4 Å². The molecule has 6 heteroatoms. The van der Waals surface area contributed by atoms with E-state index in [0.717, 1.165) is 36.9 Å². The quantitative estimate of drug-likeness (QED) is 0.147. The fourth-order valence-corrected chi connectivity index (χ4v) is 6.60. The van der Waals surface area contributed by atoms with E-state index in [4.69, 9.17) is 0 Å². The molecular formula is C40H43N3O3. The molecule has 46 heavy (non-hydrogen) atoms. The third kappa shape index (κ3) is 7.02. The second-order valence-corrected chi connectivity index (χ2v) is 12.4. The largest absolute Gasteiger partial charge is 0.477 e. The molecule has 236 valence electrons. The number of carboxylic acid groups (broad SMARTS) is 1. The number of unbranched alkanes of at least 4 members (excludes halogenated alkanes) is 5. The van der Waals surface area contributed by atoms with E-state index in [-0.39, 0.29) is 16.8 Å². The first-order valence-corrected chi connectivity index (χ1v) is 16.7. The van der Waals surface area contributed by atoms with Crippen LogP contribution in [-0.2, 0) is 12.8 Å². The summed E-state index contributed by atoms with van der Waals surface area (Å²) in [5.41, 5.74) is 8.39. The number of allylic oxidation sites excluding steroid dienone is 5. The molecule has 0 atom stereocenters. The molecule has 6 rings (SSSR count). The summed E-state index contributed by atoms with van der Waals surface area (Å²) in [4.78, 5) is 27.8. The van der Waals surface area contributed by atoms with Crippen molar-refractivity contribution in [3.63, 3.8) is 0 Å². The number of aromatic carboxylic acids is 1.